The Hall–Kier alpha value is -2.47. The molecule has 0 fully saturated rings. The average Bonchev–Trinajstić information content (AvgIpc) is 2.36. The summed E-state index contributed by atoms with van der Waals surface area (Å²) in [6, 6.07) is 13.7. The molecule has 0 amide bonds. The highest BCUT2D eigenvalue weighted by molar-refractivity contribution is 7.95. The van der Waals surface area contributed by atoms with Gasteiger partial charge in [-0.1, -0.05) is 30.3 Å². The van der Waals surface area contributed by atoms with Crippen LogP contribution >= 0.6 is 0 Å². The minimum atomic E-state index is -3.61. The molecular weight excluding hydrogens is 274 g/mol. The molecule has 2 aromatic rings. The molecule has 0 spiro atoms. The van der Waals surface area contributed by atoms with Crippen LogP contribution in [-0.2, 0) is 10.0 Å². The highest BCUT2D eigenvalue weighted by Gasteiger charge is 2.06. The summed E-state index contributed by atoms with van der Waals surface area (Å²) in [5.41, 5.74) is 13.1. The van der Waals surface area contributed by atoms with Crippen LogP contribution < -0.4 is 16.2 Å². The van der Waals surface area contributed by atoms with Crippen LogP contribution in [0.1, 0.15) is 5.56 Å². The molecule has 0 aliphatic carbocycles. The van der Waals surface area contributed by atoms with E-state index in [9.17, 15) is 8.42 Å². The first-order valence-corrected chi connectivity index (χ1v) is 7.41. The van der Waals surface area contributed by atoms with E-state index < -0.39 is 10.0 Å². The van der Waals surface area contributed by atoms with E-state index in [4.69, 9.17) is 11.5 Å². The quantitative estimate of drug-likeness (QED) is 0.752. The van der Waals surface area contributed by atoms with Crippen molar-refractivity contribution in [1.29, 1.82) is 0 Å². The molecule has 0 radical (unpaired) electrons. The van der Waals surface area contributed by atoms with Crippen LogP contribution in [0.4, 0.5) is 17.1 Å². The normalized spacial score (nSPS) is 11.6. The van der Waals surface area contributed by atoms with Crippen molar-refractivity contribution in [3.05, 3.63) is 59.5 Å². The second kappa shape index (κ2) is 5.66. The Morgan fingerprint density at radius 1 is 0.950 bits per heavy atom. The smallest absolute Gasteiger partial charge is 0.255 e. The summed E-state index contributed by atoms with van der Waals surface area (Å²) in [5, 5.41) is 1.10. The Labute approximate surface area is 118 Å². The molecule has 0 heterocycles. The van der Waals surface area contributed by atoms with Gasteiger partial charge in [0.05, 0.1) is 11.1 Å². The molecule has 5 N–H and O–H groups in total. The predicted molar refractivity (Wildman–Crippen MR) is 83.3 cm³/mol. The number of rotatable bonds is 4. The average molecular weight is 289 g/mol. The van der Waals surface area contributed by atoms with Crippen LogP contribution in [0.3, 0.4) is 0 Å². The van der Waals surface area contributed by atoms with Gasteiger partial charge in [-0.3, -0.25) is 4.72 Å². The minimum Gasteiger partial charge on any atom is -0.399 e. The van der Waals surface area contributed by atoms with Gasteiger partial charge in [0, 0.05) is 11.4 Å². The molecule has 0 bridgehead atoms. The second-order valence-corrected chi connectivity index (χ2v) is 5.82. The Kier molecular flexibility index (Phi) is 3.95. The molecule has 0 unspecified atom stereocenters. The third kappa shape index (κ3) is 4.03. The van der Waals surface area contributed by atoms with Gasteiger partial charge in [0.25, 0.3) is 10.0 Å². The third-order valence-electron chi connectivity index (χ3n) is 2.48. The maximum absolute atomic E-state index is 11.9. The summed E-state index contributed by atoms with van der Waals surface area (Å²) >= 11 is 0. The van der Waals surface area contributed by atoms with Crippen LogP contribution in [0.25, 0.3) is 6.08 Å². The molecule has 20 heavy (non-hydrogen) atoms. The molecule has 0 aliphatic heterocycles. The van der Waals surface area contributed by atoms with Crippen LogP contribution in [0.2, 0.25) is 0 Å². The van der Waals surface area contributed by atoms with Crippen molar-refractivity contribution in [1.82, 2.24) is 0 Å². The minimum absolute atomic E-state index is 0.334. The first-order chi connectivity index (χ1) is 9.44. The van der Waals surface area contributed by atoms with Crippen molar-refractivity contribution < 1.29 is 8.42 Å². The molecular formula is C14H15N3O2S. The number of hydrogen-bond donors (Lipinski definition) is 3. The largest absolute Gasteiger partial charge is 0.399 e. The summed E-state index contributed by atoms with van der Waals surface area (Å²) in [5.74, 6) is 0. The number of nitrogens with one attached hydrogen (secondary N) is 1. The molecule has 0 aliphatic rings. The summed E-state index contributed by atoms with van der Waals surface area (Å²) in [4.78, 5) is 0. The Balaban J connectivity index is 2.17. The fourth-order valence-corrected chi connectivity index (χ4v) is 2.52. The maximum Gasteiger partial charge on any atom is 0.255 e. The highest BCUT2D eigenvalue weighted by Crippen LogP contribution is 2.19. The molecule has 5 nitrogen and oxygen atoms in total. The Morgan fingerprint density at radius 3 is 2.15 bits per heavy atom. The third-order valence-corrected chi connectivity index (χ3v) is 3.49. The van der Waals surface area contributed by atoms with E-state index in [1.807, 2.05) is 30.3 Å². The van der Waals surface area contributed by atoms with E-state index in [1.54, 1.807) is 6.07 Å². The van der Waals surface area contributed by atoms with Crippen molar-refractivity contribution in [2.45, 2.75) is 0 Å². The van der Waals surface area contributed by atoms with Gasteiger partial charge in [-0.2, -0.15) is 0 Å². The number of hydrogen-bond acceptors (Lipinski definition) is 4. The highest BCUT2D eigenvalue weighted by atomic mass is 32.2. The molecule has 6 heteroatoms. The molecule has 0 saturated carbocycles. The van der Waals surface area contributed by atoms with E-state index in [0.717, 1.165) is 11.0 Å². The van der Waals surface area contributed by atoms with Crippen molar-refractivity contribution in [2.75, 3.05) is 16.2 Å². The second-order valence-electron chi connectivity index (χ2n) is 4.25. The number of benzene rings is 2. The SMILES string of the molecule is Nc1cc(N)cc(NS(=O)(=O)/C=C/c2ccccc2)c1. The Bertz CT molecular complexity index is 705. The van der Waals surface area contributed by atoms with Crippen molar-refractivity contribution >= 4 is 33.2 Å². The van der Waals surface area contributed by atoms with Gasteiger partial charge < -0.3 is 11.5 Å². The van der Waals surface area contributed by atoms with E-state index in [2.05, 4.69) is 4.72 Å². The van der Waals surface area contributed by atoms with Gasteiger partial charge >= 0.3 is 0 Å². The number of sulfonamides is 1. The molecule has 2 rings (SSSR count). The zero-order chi connectivity index (χ0) is 14.6. The molecule has 0 atom stereocenters. The van der Waals surface area contributed by atoms with Gasteiger partial charge in [0.2, 0.25) is 0 Å². The van der Waals surface area contributed by atoms with Crippen LogP contribution in [0.5, 0.6) is 0 Å². The number of nitrogens with two attached hydrogens (primary N) is 2. The van der Waals surface area contributed by atoms with Gasteiger partial charge in [-0.25, -0.2) is 8.42 Å². The summed E-state index contributed by atoms with van der Waals surface area (Å²) in [6.07, 6.45) is 1.51. The first kappa shape index (κ1) is 14.0. The molecule has 2 aromatic carbocycles. The standard InChI is InChI=1S/C14H15N3O2S/c15-12-8-13(16)10-14(9-12)17-20(18,19)7-6-11-4-2-1-3-5-11/h1-10,17H,15-16H2/b7-6+. The van der Waals surface area contributed by atoms with Crippen molar-refractivity contribution in [2.24, 2.45) is 0 Å². The maximum atomic E-state index is 11.9. The Morgan fingerprint density at radius 2 is 1.55 bits per heavy atom. The van der Waals surface area contributed by atoms with Gasteiger partial charge in [-0.15, -0.1) is 0 Å². The topological polar surface area (TPSA) is 98.2 Å². The lowest BCUT2D eigenvalue weighted by Gasteiger charge is -2.06. The predicted octanol–water partition coefficient (Wildman–Crippen LogP) is 2.26. The molecule has 0 saturated heterocycles. The lowest BCUT2D eigenvalue weighted by Crippen LogP contribution is -2.09. The monoisotopic (exact) mass is 289 g/mol. The van der Waals surface area contributed by atoms with Crippen LogP contribution in [0, 0.1) is 0 Å². The van der Waals surface area contributed by atoms with Gasteiger partial charge in [0.15, 0.2) is 0 Å². The zero-order valence-corrected chi connectivity index (χ0v) is 11.5. The lowest BCUT2D eigenvalue weighted by molar-refractivity contribution is 0.609. The lowest BCUT2D eigenvalue weighted by atomic mass is 10.2. The fourth-order valence-electron chi connectivity index (χ4n) is 1.67. The summed E-state index contributed by atoms with van der Waals surface area (Å²) in [6.45, 7) is 0. The van der Waals surface area contributed by atoms with Gasteiger partial charge in [-0.05, 0) is 29.8 Å². The zero-order valence-electron chi connectivity index (χ0n) is 10.7. The summed E-state index contributed by atoms with van der Waals surface area (Å²) in [7, 11) is -3.61. The number of anilines is 3. The van der Waals surface area contributed by atoms with Crippen molar-refractivity contribution in [3.8, 4) is 0 Å². The van der Waals surface area contributed by atoms with Crippen LogP contribution in [-0.4, -0.2) is 8.42 Å². The van der Waals surface area contributed by atoms with Crippen molar-refractivity contribution in [3.63, 3.8) is 0 Å². The van der Waals surface area contributed by atoms with E-state index >= 15 is 0 Å². The first-order valence-electron chi connectivity index (χ1n) is 5.87. The fraction of sp³-hybridized carbons (Fsp3) is 0. The van der Waals surface area contributed by atoms with Gasteiger partial charge in [0.1, 0.15) is 0 Å². The molecule has 104 valence electrons. The van der Waals surface area contributed by atoms with E-state index in [0.29, 0.717) is 17.1 Å². The van der Waals surface area contributed by atoms with Crippen LogP contribution in [0.15, 0.2) is 53.9 Å². The number of nitrogen functional groups attached to an aromatic ring is 2. The molecule has 0 aromatic heterocycles. The van der Waals surface area contributed by atoms with E-state index in [1.165, 1.54) is 18.2 Å². The summed E-state index contributed by atoms with van der Waals surface area (Å²) < 4.78 is 26.2. The van der Waals surface area contributed by atoms with E-state index in [-0.39, 0.29) is 0 Å².